The first-order valence-electron chi connectivity index (χ1n) is 10.4. The molecule has 0 aromatic heterocycles. The monoisotopic (exact) mass is 360 g/mol. The molecule has 4 nitrogen and oxygen atoms in total. The molecule has 0 saturated carbocycles. The van der Waals surface area contributed by atoms with Gasteiger partial charge in [-0.15, -0.1) is 0 Å². The molecule has 0 aromatic carbocycles. The van der Waals surface area contributed by atoms with Crippen molar-refractivity contribution in [3.05, 3.63) is 0 Å². The van der Waals surface area contributed by atoms with Crippen LogP contribution in [0.3, 0.4) is 0 Å². The number of aliphatic hydroxyl groups is 1. The maximum absolute atomic E-state index is 11.3. The molecule has 0 saturated heterocycles. The quantitative estimate of drug-likeness (QED) is 0.493. The van der Waals surface area contributed by atoms with Crippen molar-refractivity contribution in [1.29, 1.82) is 0 Å². The Kier molecular flexibility index (Phi) is 17.9. The van der Waals surface area contributed by atoms with Gasteiger partial charge in [0.2, 0.25) is 0 Å². The number of aliphatic hydroxyl groups excluding tert-OH is 1. The van der Waals surface area contributed by atoms with Crippen LogP contribution in [0, 0.1) is 5.41 Å². The van der Waals surface area contributed by atoms with Gasteiger partial charge in [-0.1, -0.05) is 47.0 Å². The number of hydrogen-bond donors (Lipinski definition) is 2. The normalized spacial score (nSPS) is 12.5. The fourth-order valence-electron chi connectivity index (χ4n) is 2.19. The molecule has 0 fully saturated rings. The number of nitrogens with one attached hydrogen (secondary N) is 1. The van der Waals surface area contributed by atoms with Crippen molar-refractivity contribution in [2.45, 2.75) is 99.5 Å². The topological polar surface area (TPSA) is 51.0 Å². The van der Waals surface area contributed by atoms with Gasteiger partial charge in [-0.25, -0.2) is 0 Å². The third kappa shape index (κ3) is 16.6. The van der Waals surface area contributed by atoms with Gasteiger partial charge in [0.1, 0.15) is 6.61 Å². The highest BCUT2D eigenvalue weighted by Crippen LogP contribution is 2.21. The van der Waals surface area contributed by atoms with E-state index in [4.69, 9.17) is 9.84 Å². The summed E-state index contributed by atoms with van der Waals surface area (Å²) in [4.78, 5) is 13.1. The number of esters is 1. The Morgan fingerprint density at radius 1 is 0.960 bits per heavy atom. The van der Waals surface area contributed by atoms with Crippen molar-refractivity contribution in [3.8, 4) is 0 Å². The first-order chi connectivity index (χ1) is 11.7. The number of hydrogen-bond acceptors (Lipinski definition) is 3. The van der Waals surface area contributed by atoms with E-state index in [9.17, 15) is 4.79 Å². The summed E-state index contributed by atoms with van der Waals surface area (Å²) in [6.07, 6.45) is 8.42. The Labute approximate surface area is 157 Å². The molecule has 0 aliphatic heterocycles. The third-order valence-electron chi connectivity index (χ3n) is 4.54. The molecule has 0 aliphatic rings. The van der Waals surface area contributed by atoms with Gasteiger partial charge in [0.25, 0.3) is 0 Å². The van der Waals surface area contributed by atoms with E-state index in [2.05, 4.69) is 20.8 Å². The molecule has 152 valence electrons. The van der Waals surface area contributed by atoms with Gasteiger partial charge < -0.3 is 14.7 Å². The van der Waals surface area contributed by atoms with Crippen molar-refractivity contribution >= 4 is 5.97 Å². The van der Waals surface area contributed by atoms with Gasteiger partial charge in [-0.2, -0.15) is 0 Å². The molecule has 0 heterocycles. The lowest BCUT2D eigenvalue weighted by atomic mass is 9.91. The summed E-state index contributed by atoms with van der Waals surface area (Å²) in [6.45, 7) is 18.3. The van der Waals surface area contributed by atoms with E-state index in [0.717, 1.165) is 6.42 Å². The number of carbonyl (C=O) groups is 1. The summed E-state index contributed by atoms with van der Waals surface area (Å²) in [5.74, 6) is -0.245. The van der Waals surface area contributed by atoms with Crippen LogP contribution in [0.4, 0.5) is 0 Å². The van der Waals surface area contributed by atoms with Gasteiger partial charge in [-0.3, -0.25) is 4.79 Å². The number of quaternary nitrogens is 1. The standard InChI is InChI=1S/C12H27N.C9H18O3/c1-4-7-10-13(11-8-5-2)12-9-6-3;1-5-9(3,4)8(11)12-6-7(2)10/h4-12H2,1-3H3;7,10H,5-6H2,1-4H3/p+1. The zero-order valence-electron chi connectivity index (χ0n) is 18.1. The van der Waals surface area contributed by atoms with E-state index >= 15 is 0 Å². The molecule has 4 heteroatoms. The Morgan fingerprint density at radius 3 is 1.64 bits per heavy atom. The lowest BCUT2D eigenvalue weighted by molar-refractivity contribution is -0.900. The smallest absolute Gasteiger partial charge is 0.311 e. The summed E-state index contributed by atoms with van der Waals surface area (Å²) >= 11 is 0. The van der Waals surface area contributed by atoms with Gasteiger partial charge >= 0.3 is 5.97 Å². The summed E-state index contributed by atoms with van der Waals surface area (Å²) in [5.41, 5.74) is -0.436. The fourth-order valence-corrected chi connectivity index (χ4v) is 2.19. The van der Waals surface area contributed by atoms with Crippen LogP contribution in [0.5, 0.6) is 0 Å². The minimum atomic E-state index is -0.582. The van der Waals surface area contributed by atoms with Crippen LogP contribution in [0.25, 0.3) is 0 Å². The SMILES string of the molecule is CCC(C)(C)C(=O)OCC(C)O.CCCC[NH+](CCCC)CCCC. The number of ether oxygens (including phenoxy) is 1. The lowest BCUT2D eigenvalue weighted by Crippen LogP contribution is -3.12. The summed E-state index contributed by atoms with van der Waals surface area (Å²) in [7, 11) is 0. The molecule has 0 rings (SSSR count). The zero-order chi connectivity index (χ0) is 19.7. The maximum atomic E-state index is 11.3. The van der Waals surface area contributed by atoms with E-state index in [1.807, 2.05) is 25.7 Å². The molecule has 0 bridgehead atoms. The molecule has 1 unspecified atom stereocenters. The van der Waals surface area contributed by atoms with Crippen molar-refractivity contribution in [2.75, 3.05) is 26.2 Å². The molecule has 2 N–H and O–H groups in total. The van der Waals surface area contributed by atoms with Crippen LogP contribution in [0.2, 0.25) is 0 Å². The molecule has 25 heavy (non-hydrogen) atoms. The van der Waals surface area contributed by atoms with Gasteiger partial charge in [0, 0.05) is 0 Å². The number of rotatable bonds is 13. The highest BCUT2D eigenvalue weighted by atomic mass is 16.5. The number of unbranched alkanes of at least 4 members (excludes halogenated alkanes) is 3. The molecule has 0 radical (unpaired) electrons. The van der Waals surface area contributed by atoms with E-state index in [1.54, 1.807) is 6.92 Å². The minimum absolute atomic E-state index is 0.0856. The minimum Gasteiger partial charge on any atom is -0.463 e. The van der Waals surface area contributed by atoms with Crippen molar-refractivity contribution in [1.82, 2.24) is 0 Å². The Morgan fingerprint density at radius 2 is 1.36 bits per heavy atom. The number of carbonyl (C=O) groups excluding carboxylic acids is 1. The molecule has 0 aromatic rings. The maximum Gasteiger partial charge on any atom is 0.311 e. The Hall–Kier alpha value is -0.610. The van der Waals surface area contributed by atoms with Crippen LogP contribution in [-0.4, -0.2) is 43.4 Å². The predicted molar refractivity (Wildman–Crippen MR) is 107 cm³/mol. The molecular formula is C21H46NO3+. The highest BCUT2D eigenvalue weighted by Gasteiger charge is 2.27. The first kappa shape index (κ1) is 26.6. The summed E-state index contributed by atoms with van der Waals surface area (Å²) in [5, 5.41) is 8.86. The van der Waals surface area contributed by atoms with E-state index in [1.165, 1.54) is 58.2 Å². The second-order valence-electron chi connectivity index (χ2n) is 7.75. The molecule has 0 spiro atoms. The molecule has 0 aliphatic carbocycles. The van der Waals surface area contributed by atoms with Crippen LogP contribution >= 0.6 is 0 Å². The van der Waals surface area contributed by atoms with Crippen molar-refractivity contribution in [3.63, 3.8) is 0 Å². The van der Waals surface area contributed by atoms with Gasteiger partial charge in [0.15, 0.2) is 0 Å². The van der Waals surface area contributed by atoms with E-state index < -0.39 is 11.5 Å². The average Bonchev–Trinajstić information content (AvgIpc) is 2.59. The predicted octanol–water partition coefficient (Wildman–Crippen LogP) is 3.62. The van der Waals surface area contributed by atoms with Gasteiger partial charge in [-0.05, 0) is 46.5 Å². The van der Waals surface area contributed by atoms with E-state index in [-0.39, 0.29) is 12.6 Å². The largest absolute Gasteiger partial charge is 0.463 e. The first-order valence-corrected chi connectivity index (χ1v) is 10.4. The molecule has 0 amide bonds. The van der Waals surface area contributed by atoms with Crippen LogP contribution in [0.1, 0.15) is 93.4 Å². The van der Waals surface area contributed by atoms with Crippen LogP contribution in [-0.2, 0) is 9.53 Å². The molecule has 1 atom stereocenters. The van der Waals surface area contributed by atoms with E-state index in [0.29, 0.717) is 0 Å². The second-order valence-corrected chi connectivity index (χ2v) is 7.75. The van der Waals surface area contributed by atoms with Crippen molar-refractivity contribution in [2.24, 2.45) is 5.41 Å². The summed E-state index contributed by atoms with van der Waals surface area (Å²) in [6, 6.07) is 0. The molecular weight excluding hydrogens is 314 g/mol. The Balaban J connectivity index is 0. The highest BCUT2D eigenvalue weighted by molar-refractivity contribution is 5.75. The summed E-state index contributed by atoms with van der Waals surface area (Å²) < 4.78 is 4.87. The van der Waals surface area contributed by atoms with Crippen LogP contribution in [0.15, 0.2) is 0 Å². The average molecular weight is 361 g/mol. The second kappa shape index (κ2) is 16.8. The van der Waals surface area contributed by atoms with Crippen molar-refractivity contribution < 1.29 is 19.5 Å². The third-order valence-corrected chi connectivity index (χ3v) is 4.54. The fraction of sp³-hybridized carbons (Fsp3) is 0.952. The van der Waals surface area contributed by atoms with Crippen LogP contribution < -0.4 is 4.90 Å². The zero-order valence-corrected chi connectivity index (χ0v) is 18.1. The lowest BCUT2D eigenvalue weighted by Gasteiger charge is -2.20. The van der Waals surface area contributed by atoms with Gasteiger partial charge in [0.05, 0.1) is 31.2 Å². The Bertz CT molecular complexity index is 284.